The number of alkyl halides is 3. The van der Waals surface area contributed by atoms with Crippen LogP contribution in [0.4, 0.5) is 19.0 Å². The van der Waals surface area contributed by atoms with Crippen LogP contribution in [0.25, 0.3) is 11.3 Å². The van der Waals surface area contributed by atoms with Crippen molar-refractivity contribution in [1.82, 2.24) is 15.5 Å². The molecule has 10 heteroatoms. The minimum Gasteiger partial charge on any atom is -0.406 e. The van der Waals surface area contributed by atoms with Crippen molar-refractivity contribution in [1.29, 1.82) is 0 Å². The van der Waals surface area contributed by atoms with E-state index in [1.807, 2.05) is 30.3 Å². The first kappa shape index (κ1) is 22.0. The Bertz CT molecular complexity index is 1060. The van der Waals surface area contributed by atoms with Crippen LogP contribution in [0.3, 0.4) is 0 Å². The maximum absolute atomic E-state index is 12.4. The molecule has 1 aliphatic rings. The molecule has 0 spiro atoms. The molecular weight excluding hydrogens is 445 g/mol. The van der Waals surface area contributed by atoms with Gasteiger partial charge in [0.25, 0.3) is 5.91 Å². The standard InChI is InChI=1S/C22H20ClF3N4O2/c23-16-5-1-14(2-6-16)19-13-20(29-28-19)30-11-9-17(10-12-30)27-21(31)15-3-7-18(8-4-15)32-22(24,25)26/h1-8,13,17H,9-12H2,(H,27,31)(H,28,29). The molecule has 1 aliphatic heterocycles. The zero-order valence-corrected chi connectivity index (χ0v) is 17.6. The number of carbonyl (C=O) groups is 1. The van der Waals surface area contributed by atoms with Crippen molar-refractivity contribution in [2.75, 3.05) is 18.0 Å². The quantitative estimate of drug-likeness (QED) is 0.556. The predicted molar refractivity (Wildman–Crippen MR) is 115 cm³/mol. The molecule has 6 nitrogen and oxygen atoms in total. The van der Waals surface area contributed by atoms with Gasteiger partial charge in [-0.15, -0.1) is 13.2 Å². The SMILES string of the molecule is O=C(NC1CCN(c2cc(-c3ccc(Cl)cc3)[nH]n2)CC1)c1ccc(OC(F)(F)F)cc1. The van der Waals surface area contributed by atoms with Gasteiger partial charge >= 0.3 is 6.36 Å². The first-order chi connectivity index (χ1) is 15.3. The Morgan fingerprint density at radius 3 is 2.38 bits per heavy atom. The van der Waals surface area contributed by atoms with Crippen LogP contribution in [0.1, 0.15) is 23.2 Å². The summed E-state index contributed by atoms with van der Waals surface area (Å²) in [5.74, 6) is 0.145. The Balaban J connectivity index is 1.29. The van der Waals surface area contributed by atoms with E-state index in [0.29, 0.717) is 18.1 Å². The van der Waals surface area contributed by atoms with Crippen LogP contribution in [0.15, 0.2) is 54.6 Å². The molecule has 168 valence electrons. The van der Waals surface area contributed by atoms with Gasteiger partial charge < -0.3 is 15.0 Å². The number of carbonyl (C=O) groups excluding carboxylic acids is 1. The molecule has 2 heterocycles. The highest BCUT2D eigenvalue weighted by molar-refractivity contribution is 6.30. The number of hydrogen-bond acceptors (Lipinski definition) is 4. The van der Waals surface area contributed by atoms with Gasteiger partial charge in [0.2, 0.25) is 0 Å². The lowest BCUT2D eigenvalue weighted by Gasteiger charge is -2.32. The van der Waals surface area contributed by atoms with E-state index in [1.165, 1.54) is 12.1 Å². The largest absolute Gasteiger partial charge is 0.573 e. The van der Waals surface area contributed by atoms with Crippen molar-refractivity contribution >= 4 is 23.3 Å². The summed E-state index contributed by atoms with van der Waals surface area (Å²) in [4.78, 5) is 14.6. The first-order valence-electron chi connectivity index (χ1n) is 10.00. The van der Waals surface area contributed by atoms with Crippen molar-refractivity contribution < 1.29 is 22.7 Å². The Morgan fingerprint density at radius 1 is 1.09 bits per heavy atom. The molecule has 32 heavy (non-hydrogen) atoms. The summed E-state index contributed by atoms with van der Waals surface area (Å²) in [5.41, 5.74) is 2.16. The number of benzene rings is 2. The van der Waals surface area contributed by atoms with Crippen LogP contribution in [0.5, 0.6) is 5.75 Å². The predicted octanol–water partition coefficient (Wildman–Crippen LogP) is 5.03. The number of halogens is 4. The Hall–Kier alpha value is -3.20. The molecule has 0 aliphatic carbocycles. The zero-order valence-electron chi connectivity index (χ0n) is 16.8. The van der Waals surface area contributed by atoms with Crippen LogP contribution in [-0.4, -0.2) is 41.6 Å². The highest BCUT2D eigenvalue weighted by Crippen LogP contribution is 2.26. The average Bonchev–Trinajstić information content (AvgIpc) is 3.24. The van der Waals surface area contributed by atoms with Crippen molar-refractivity contribution in [2.24, 2.45) is 0 Å². The molecule has 0 saturated carbocycles. The second-order valence-corrected chi connectivity index (χ2v) is 7.89. The molecule has 1 amide bonds. The van der Waals surface area contributed by atoms with Gasteiger partial charge in [0.1, 0.15) is 5.75 Å². The highest BCUT2D eigenvalue weighted by Gasteiger charge is 2.31. The van der Waals surface area contributed by atoms with E-state index in [4.69, 9.17) is 11.6 Å². The van der Waals surface area contributed by atoms with Gasteiger partial charge in [0.15, 0.2) is 5.82 Å². The number of rotatable bonds is 5. The maximum atomic E-state index is 12.4. The van der Waals surface area contributed by atoms with Crippen LogP contribution >= 0.6 is 11.6 Å². The monoisotopic (exact) mass is 464 g/mol. The Kier molecular flexibility index (Phi) is 6.27. The van der Waals surface area contributed by atoms with Gasteiger partial charge in [-0.05, 0) is 54.8 Å². The van der Waals surface area contributed by atoms with E-state index in [9.17, 15) is 18.0 Å². The topological polar surface area (TPSA) is 70.2 Å². The minimum absolute atomic E-state index is 0.0282. The third-order valence-corrected chi connectivity index (χ3v) is 5.48. The molecule has 1 saturated heterocycles. The molecule has 1 aromatic heterocycles. The molecule has 2 aromatic carbocycles. The average molecular weight is 465 g/mol. The number of nitrogens with zero attached hydrogens (tertiary/aromatic N) is 2. The van der Waals surface area contributed by atoms with E-state index in [0.717, 1.165) is 42.0 Å². The van der Waals surface area contributed by atoms with Crippen molar-refractivity contribution in [2.45, 2.75) is 25.2 Å². The van der Waals surface area contributed by atoms with E-state index in [-0.39, 0.29) is 23.3 Å². The smallest absolute Gasteiger partial charge is 0.406 e. The number of aromatic amines is 1. The van der Waals surface area contributed by atoms with Gasteiger partial charge in [-0.25, -0.2) is 0 Å². The number of amides is 1. The number of nitrogens with one attached hydrogen (secondary N) is 2. The Labute approximate surface area is 187 Å². The third-order valence-electron chi connectivity index (χ3n) is 5.22. The van der Waals surface area contributed by atoms with Crippen LogP contribution in [0, 0.1) is 0 Å². The second-order valence-electron chi connectivity index (χ2n) is 7.45. The van der Waals surface area contributed by atoms with Gasteiger partial charge in [-0.1, -0.05) is 23.7 Å². The molecule has 4 rings (SSSR count). The summed E-state index contributed by atoms with van der Waals surface area (Å²) in [6.45, 7) is 1.43. The maximum Gasteiger partial charge on any atom is 0.573 e. The molecule has 0 atom stereocenters. The summed E-state index contributed by atoms with van der Waals surface area (Å²) in [6, 6.07) is 14.3. The normalized spacial score (nSPS) is 14.9. The van der Waals surface area contributed by atoms with Crippen molar-refractivity contribution in [3.8, 4) is 17.0 Å². The summed E-state index contributed by atoms with van der Waals surface area (Å²) in [7, 11) is 0. The lowest BCUT2D eigenvalue weighted by Crippen LogP contribution is -2.44. The van der Waals surface area contributed by atoms with Crippen LogP contribution < -0.4 is 15.0 Å². The fourth-order valence-corrected chi connectivity index (χ4v) is 3.71. The summed E-state index contributed by atoms with van der Waals surface area (Å²) in [5, 5.41) is 11.0. The van der Waals surface area contributed by atoms with E-state index >= 15 is 0 Å². The number of aromatic nitrogens is 2. The number of hydrogen-bond donors (Lipinski definition) is 2. The zero-order chi connectivity index (χ0) is 22.7. The number of ether oxygens (including phenoxy) is 1. The van der Waals surface area contributed by atoms with Gasteiger partial charge in [-0.3, -0.25) is 9.89 Å². The molecule has 0 radical (unpaired) electrons. The minimum atomic E-state index is -4.76. The van der Waals surface area contributed by atoms with Crippen molar-refractivity contribution in [3.63, 3.8) is 0 Å². The van der Waals surface area contributed by atoms with E-state index in [2.05, 4.69) is 25.2 Å². The lowest BCUT2D eigenvalue weighted by atomic mass is 10.0. The summed E-state index contributed by atoms with van der Waals surface area (Å²) < 4.78 is 40.6. The van der Waals surface area contributed by atoms with Gasteiger partial charge in [0, 0.05) is 35.8 Å². The summed E-state index contributed by atoms with van der Waals surface area (Å²) >= 11 is 5.93. The highest BCUT2D eigenvalue weighted by atomic mass is 35.5. The molecule has 0 unspecified atom stereocenters. The van der Waals surface area contributed by atoms with Crippen LogP contribution in [-0.2, 0) is 0 Å². The molecule has 2 N–H and O–H groups in total. The lowest BCUT2D eigenvalue weighted by molar-refractivity contribution is -0.274. The molecular formula is C22H20ClF3N4O2. The number of piperidine rings is 1. The molecule has 1 fully saturated rings. The van der Waals surface area contributed by atoms with Gasteiger partial charge in [-0.2, -0.15) is 5.10 Å². The summed E-state index contributed by atoms with van der Waals surface area (Å²) in [6.07, 6.45) is -3.31. The fourth-order valence-electron chi connectivity index (χ4n) is 3.58. The second kappa shape index (κ2) is 9.12. The van der Waals surface area contributed by atoms with Crippen molar-refractivity contribution in [3.05, 3.63) is 65.2 Å². The third kappa shape index (κ3) is 5.53. The number of anilines is 1. The van der Waals surface area contributed by atoms with Crippen LogP contribution in [0.2, 0.25) is 5.02 Å². The number of H-pyrrole nitrogens is 1. The van der Waals surface area contributed by atoms with E-state index < -0.39 is 6.36 Å². The van der Waals surface area contributed by atoms with E-state index in [1.54, 1.807) is 0 Å². The molecule has 0 bridgehead atoms. The van der Waals surface area contributed by atoms with Gasteiger partial charge in [0.05, 0.1) is 5.69 Å². The fraction of sp³-hybridized carbons (Fsp3) is 0.273. The molecule has 3 aromatic rings. The first-order valence-corrected chi connectivity index (χ1v) is 10.4. The Morgan fingerprint density at radius 2 is 1.75 bits per heavy atom.